The number of amides is 3. The predicted octanol–water partition coefficient (Wildman–Crippen LogP) is 3.91. The fourth-order valence-corrected chi connectivity index (χ4v) is 6.71. The molecule has 2 saturated heterocycles. The van der Waals surface area contributed by atoms with Gasteiger partial charge in [-0.1, -0.05) is 26.0 Å². The van der Waals surface area contributed by atoms with E-state index in [9.17, 15) is 18.8 Å². The number of likely N-dealkylation sites (N-methyl/N-ethyl adjacent to an activating group) is 1. The number of halogens is 1. The van der Waals surface area contributed by atoms with Crippen molar-refractivity contribution in [2.45, 2.75) is 84.0 Å². The molecule has 11 heteroatoms. The molecule has 0 saturated carbocycles. The van der Waals surface area contributed by atoms with E-state index >= 15 is 0 Å². The number of ether oxygens (including phenoxy) is 1. The van der Waals surface area contributed by atoms with Gasteiger partial charge < -0.3 is 19.4 Å². The van der Waals surface area contributed by atoms with Crippen LogP contribution in [0.2, 0.25) is 0 Å². The molecule has 2 fully saturated rings. The molecule has 1 aromatic carbocycles. The van der Waals surface area contributed by atoms with Gasteiger partial charge in [0, 0.05) is 62.5 Å². The molecule has 4 heterocycles. The van der Waals surface area contributed by atoms with Crippen LogP contribution in [0, 0.1) is 5.82 Å². The summed E-state index contributed by atoms with van der Waals surface area (Å²) in [5.41, 5.74) is 2.62. The van der Waals surface area contributed by atoms with Gasteiger partial charge in [0.25, 0.3) is 0 Å². The van der Waals surface area contributed by atoms with Crippen molar-refractivity contribution in [3.8, 4) is 0 Å². The number of carbonyl (C=O) groups excluding carboxylic acids is 3. The van der Waals surface area contributed by atoms with E-state index in [1.54, 1.807) is 17.0 Å². The number of aromatic nitrogens is 1. The molecular weight excluding hydrogens is 587 g/mol. The second-order valence-corrected chi connectivity index (χ2v) is 15.0. The van der Waals surface area contributed by atoms with E-state index in [1.807, 2.05) is 61.7 Å². The first-order chi connectivity index (χ1) is 21.5. The van der Waals surface area contributed by atoms with E-state index in [4.69, 9.17) is 9.72 Å². The van der Waals surface area contributed by atoms with Crippen molar-refractivity contribution in [2.75, 3.05) is 57.8 Å². The Morgan fingerprint density at radius 1 is 1.04 bits per heavy atom. The molecule has 10 nitrogen and oxygen atoms in total. The minimum absolute atomic E-state index is 0.0456. The van der Waals surface area contributed by atoms with Gasteiger partial charge in [-0.25, -0.2) is 9.18 Å². The molecule has 3 aliphatic heterocycles. The Hall–Kier alpha value is -3.57. The molecule has 3 atom stereocenters. The highest BCUT2D eigenvalue weighted by Gasteiger charge is 2.43. The van der Waals surface area contributed by atoms with E-state index < -0.39 is 5.60 Å². The Kier molecular flexibility index (Phi) is 9.48. The maximum atomic E-state index is 14.2. The smallest absolute Gasteiger partial charge is 0.410 e. The molecule has 5 rings (SSSR count). The minimum atomic E-state index is -0.637. The number of rotatable bonds is 6. The fraction of sp³-hybridized carbons (Fsp3) is 0.600. The molecule has 0 radical (unpaired) electrons. The first-order valence-electron chi connectivity index (χ1n) is 16.3. The van der Waals surface area contributed by atoms with Crippen LogP contribution in [0.1, 0.15) is 65.3 Å². The Balaban J connectivity index is 1.37. The predicted molar refractivity (Wildman–Crippen MR) is 175 cm³/mol. The molecule has 0 aliphatic carbocycles. The molecule has 0 unspecified atom stereocenters. The largest absolute Gasteiger partial charge is 0.444 e. The van der Waals surface area contributed by atoms with Gasteiger partial charge in [-0.2, -0.15) is 0 Å². The summed E-state index contributed by atoms with van der Waals surface area (Å²) in [4.78, 5) is 54.9. The Labute approximate surface area is 272 Å². The van der Waals surface area contributed by atoms with E-state index in [-0.39, 0.29) is 53.8 Å². The van der Waals surface area contributed by atoms with Crippen LogP contribution in [0.5, 0.6) is 0 Å². The monoisotopic (exact) mass is 636 g/mol. The molecule has 46 heavy (non-hydrogen) atoms. The maximum absolute atomic E-state index is 14.2. The SMILES string of the molecule is C[C@@H]1CN(CC(=O)N2CC(C)(C)c3ncc(Cc4ccc(F)cc4)cc32)[C@@H](CN2C[C@H](C)N(C)CC2=O)CN1C(=O)OC(C)(C)C. The van der Waals surface area contributed by atoms with Crippen molar-refractivity contribution in [3.63, 3.8) is 0 Å². The third-order valence-electron chi connectivity index (χ3n) is 9.36. The molecular formula is C35H49FN6O4. The summed E-state index contributed by atoms with van der Waals surface area (Å²) in [6.45, 7) is 16.6. The summed E-state index contributed by atoms with van der Waals surface area (Å²) in [6.07, 6.45) is 2.04. The number of piperazine rings is 2. The summed E-state index contributed by atoms with van der Waals surface area (Å²) in [5.74, 6) is -0.279. The normalized spacial score (nSPS) is 23.9. The molecule has 3 amide bonds. The zero-order valence-corrected chi connectivity index (χ0v) is 28.5. The zero-order valence-electron chi connectivity index (χ0n) is 28.5. The first-order valence-corrected chi connectivity index (χ1v) is 16.3. The Morgan fingerprint density at radius 3 is 2.41 bits per heavy atom. The van der Waals surface area contributed by atoms with Crippen LogP contribution in [-0.4, -0.2) is 119 Å². The lowest BCUT2D eigenvalue weighted by molar-refractivity contribution is -0.139. The second kappa shape index (κ2) is 12.9. The highest BCUT2D eigenvalue weighted by Crippen LogP contribution is 2.40. The Morgan fingerprint density at radius 2 is 1.74 bits per heavy atom. The van der Waals surface area contributed by atoms with Crippen molar-refractivity contribution in [1.82, 2.24) is 24.6 Å². The number of benzene rings is 1. The number of carbonyl (C=O) groups is 3. The van der Waals surface area contributed by atoms with Gasteiger partial charge in [-0.05, 0) is 77.4 Å². The minimum Gasteiger partial charge on any atom is -0.444 e. The topological polar surface area (TPSA) is 89.5 Å². The summed E-state index contributed by atoms with van der Waals surface area (Å²) in [7, 11) is 1.95. The molecule has 0 N–H and O–H groups in total. The quantitative estimate of drug-likeness (QED) is 0.475. The number of hydrogen-bond acceptors (Lipinski definition) is 7. The van der Waals surface area contributed by atoms with Crippen molar-refractivity contribution < 1.29 is 23.5 Å². The highest BCUT2D eigenvalue weighted by molar-refractivity contribution is 5.97. The van der Waals surface area contributed by atoms with E-state index in [0.717, 1.165) is 22.5 Å². The van der Waals surface area contributed by atoms with Gasteiger partial charge in [0.15, 0.2) is 0 Å². The number of pyridine rings is 1. The molecule has 2 aromatic rings. The van der Waals surface area contributed by atoms with Gasteiger partial charge >= 0.3 is 6.09 Å². The molecule has 250 valence electrons. The van der Waals surface area contributed by atoms with Crippen LogP contribution in [0.25, 0.3) is 0 Å². The lowest BCUT2D eigenvalue weighted by Gasteiger charge is -2.47. The number of fused-ring (bicyclic) bond motifs is 1. The average molecular weight is 637 g/mol. The standard InChI is InChI=1S/C35H49FN6O4/c1-23-16-40(30(43)20-38(23)8)18-28-19-41(33(45)46-34(3,4)5)24(2)17-39(28)21-31(44)42-22-35(6,7)32-29(42)14-26(15-37-32)13-25-9-11-27(36)12-10-25/h9-12,14-15,23-24,28H,13,16-22H2,1-8H3/t23-,24+,28-/m0/s1. The van der Waals surface area contributed by atoms with Crippen LogP contribution in [0.3, 0.4) is 0 Å². The molecule has 1 aromatic heterocycles. The number of anilines is 1. The third kappa shape index (κ3) is 7.52. The number of nitrogens with zero attached hydrogens (tertiary/aromatic N) is 6. The fourth-order valence-electron chi connectivity index (χ4n) is 6.71. The van der Waals surface area contributed by atoms with Gasteiger partial charge in [0.2, 0.25) is 11.8 Å². The van der Waals surface area contributed by atoms with Crippen molar-refractivity contribution in [2.24, 2.45) is 0 Å². The summed E-state index contributed by atoms with van der Waals surface area (Å²) >= 11 is 0. The van der Waals surface area contributed by atoms with E-state index in [1.165, 1.54) is 12.1 Å². The summed E-state index contributed by atoms with van der Waals surface area (Å²) in [5, 5.41) is 0. The van der Waals surface area contributed by atoms with Crippen LogP contribution in [0.15, 0.2) is 36.5 Å². The van der Waals surface area contributed by atoms with Crippen molar-refractivity contribution in [3.05, 3.63) is 59.2 Å². The summed E-state index contributed by atoms with van der Waals surface area (Å²) < 4.78 is 19.2. The number of hydrogen-bond donors (Lipinski definition) is 0. The van der Waals surface area contributed by atoms with Crippen LogP contribution in [0.4, 0.5) is 14.9 Å². The van der Waals surface area contributed by atoms with Crippen molar-refractivity contribution >= 4 is 23.6 Å². The van der Waals surface area contributed by atoms with Gasteiger partial charge in [-0.15, -0.1) is 0 Å². The van der Waals surface area contributed by atoms with E-state index in [2.05, 4.69) is 25.7 Å². The van der Waals surface area contributed by atoms with Crippen LogP contribution >= 0.6 is 0 Å². The molecule has 3 aliphatic rings. The highest BCUT2D eigenvalue weighted by atomic mass is 19.1. The summed E-state index contributed by atoms with van der Waals surface area (Å²) in [6, 6.07) is 8.23. The van der Waals surface area contributed by atoms with Crippen LogP contribution in [-0.2, 0) is 26.2 Å². The second-order valence-electron chi connectivity index (χ2n) is 15.0. The lowest BCUT2D eigenvalue weighted by Crippen LogP contribution is -2.65. The van der Waals surface area contributed by atoms with E-state index in [0.29, 0.717) is 45.7 Å². The average Bonchev–Trinajstić information content (AvgIpc) is 3.23. The molecule has 0 bridgehead atoms. The first kappa shape index (κ1) is 33.8. The van der Waals surface area contributed by atoms with Gasteiger partial charge in [0.1, 0.15) is 11.4 Å². The molecule has 0 spiro atoms. The van der Waals surface area contributed by atoms with Crippen molar-refractivity contribution in [1.29, 1.82) is 0 Å². The van der Waals surface area contributed by atoms with Crippen LogP contribution < -0.4 is 4.90 Å². The lowest BCUT2D eigenvalue weighted by atomic mass is 9.91. The maximum Gasteiger partial charge on any atom is 0.410 e. The van der Waals surface area contributed by atoms with Gasteiger partial charge in [0.05, 0.1) is 24.5 Å². The van der Waals surface area contributed by atoms with Gasteiger partial charge in [-0.3, -0.25) is 24.4 Å². The zero-order chi connectivity index (χ0) is 33.6. The Bertz CT molecular complexity index is 1460. The third-order valence-corrected chi connectivity index (χ3v) is 9.36.